The number of hydrogen-bond donors (Lipinski definition) is 1. The van der Waals surface area contributed by atoms with Crippen LogP contribution < -0.4 is 0 Å². The van der Waals surface area contributed by atoms with Crippen LogP contribution in [0.5, 0.6) is 0 Å². The summed E-state index contributed by atoms with van der Waals surface area (Å²) in [5.41, 5.74) is 0. The van der Waals surface area contributed by atoms with Crippen LogP contribution >= 0.6 is 0 Å². The van der Waals surface area contributed by atoms with Gasteiger partial charge in [-0.05, 0) is 13.8 Å². The Balaban J connectivity index is 5.97. The van der Waals surface area contributed by atoms with Gasteiger partial charge < -0.3 is 5.11 Å². The predicted molar refractivity (Wildman–Crippen MR) is 55.7 cm³/mol. The summed E-state index contributed by atoms with van der Waals surface area (Å²) in [6.07, 6.45) is -9.55. The van der Waals surface area contributed by atoms with Crippen LogP contribution in [0.4, 0.5) is 53.1 Å². The van der Waals surface area contributed by atoms with Gasteiger partial charge in [0.05, 0.1) is 6.54 Å². The van der Waals surface area contributed by atoms with Crippen molar-refractivity contribution < 1.29 is 58.2 Å². The monoisotopic (exact) mass is 385 g/mol. The van der Waals surface area contributed by atoms with E-state index < -0.39 is 53.4 Å². The Bertz CT molecular complexity index is 472. The largest absolute Gasteiger partial charge is 0.465 e. The highest BCUT2D eigenvalue weighted by Crippen LogP contribution is 2.57. The van der Waals surface area contributed by atoms with Gasteiger partial charge in [-0.1, -0.05) is 0 Å². The Morgan fingerprint density at radius 1 is 0.833 bits per heavy atom. The molecular formula is C10H10F11NO2. The van der Waals surface area contributed by atoms with E-state index >= 15 is 0 Å². The summed E-state index contributed by atoms with van der Waals surface area (Å²) in [5, 5.41) is 8.50. The molecule has 0 saturated heterocycles. The van der Waals surface area contributed by atoms with Crippen LogP contribution in [0.3, 0.4) is 0 Å². The molecule has 0 fully saturated rings. The van der Waals surface area contributed by atoms with Crippen LogP contribution in [-0.2, 0) is 0 Å². The van der Waals surface area contributed by atoms with Gasteiger partial charge in [-0.3, -0.25) is 4.90 Å². The predicted octanol–water partition coefficient (Wildman–Crippen LogP) is 4.48. The van der Waals surface area contributed by atoms with Gasteiger partial charge in [0, 0.05) is 6.04 Å². The van der Waals surface area contributed by atoms with Gasteiger partial charge in [-0.15, -0.1) is 0 Å². The molecule has 0 bridgehead atoms. The number of carboxylic acid groups (broad SMARTS) is 1. The van der Waals surface area contributed by atoms with E-state index in [4.69, 9.17) is 5.11 Å². The van der Waals surface area contributed by atoms with Crippen molar-refractivity contribution >= 4 is 6.09 Å². The van der Waals surface area contributed by atoms with E-state index in [1.165, 1.54) is 0 Å². The van der Waals surface area contributed by atoms with E-state index in [2.05, 4.69) is 0 Å². The number of carbonyl (C=O) groups is 1. The van der Waals surface area contributed by atoms with Crippen LogP contribution in [0.1, 0.15) is 13.8 Å². The molecule has 1 amide bonds. The molecule has 1 N–H and O–H groups in total. The number of amides is 1. The first-order chi connectivity index (χ1) is 10.2. The minimum absolute atomic E-state index is 0.518. The molecule has 0 heterocycles. The summed E-state index contributed by atoms with van der Waals surface area (Å²) in [5.74, 6) is -28.5. The maximum absolute atomic E-state index is 13.4. The quantitative estimate of drug-likeness (QED) is 0.685. The summed E-state index contributed by atoms with van der Waals surface area (Å²) in [6.45, 7) is -1.02. The molecule has 0 aromatic heterocycles. The van der Waals surface area contributed by atoms with Crippen molar-refractivity contribution in [2.75, 3.05) is 6.54 Å². The minimum Gasteiger partial charge on any atom is -0.465 e. The van der Waals surface area contributed by atoms with E-state index in [-0.39, 0.29) is 0 Å². The zero-order valence-electron chi connectivity index (χ0n) is 11.7. The molecule has 0 aromatic rings. The fourth-order valence-electron chi connectivity index (χ4n) is 1.39. The van der Waals surface area contributed by atoms with Gasteiger partial charge in [0.25, 0.3) is 0 Å². The number of halogens is 11. The molecule has 0 radical (unpaired) electrons. The van der Waals surface area contributed by atoms with Crippen molar-refractivity contribution in [3.05, 3.63) is 0 Å². The van der Waals surface area contributed by atoms with Crippen molar-refractivity contribution in [2.24, 2.45) is 0 Å². The summed E-state index contributed by atoms with van der Waals surface area (Å²) in [7, 11) is 0. The number of nitrogens with zero attached hydrogens (tertiary/aromatic N) is 1. The average Bonchev–Trinajstić information content (AvgIpc) is 2.33. The highest BCUT2D eigenvalue weighted by molar-refractivity contribution is 5.65. The normalized spacial score (nSPS) is 14.9. The second-order valence-electron chi connectivity index (χ2n) is 4.93. The zero-order chi connectivity index (χ0) is 19.9. The summed E-state index contributed by atoms with van der Waals surface area (Å²) >= 11 is 0. The lowest BCUT2D eigenvalue weighted by Gasteiger charge is -2.39. The fraction of sp³-hybridized carbons (Fsp3) is 0.900. The summed E-state index contributed by atoms with van der Waals surface area (Å²) in [6, 6.07) is -1.49. The molecule has 0 atom stereocenters. The first kappa shape index (κ1) is 22.5. The molecule has 0 spiro atoms. The Kier molecular flexibility index (Phi) is 5.71. The topological polar surface area (TPSA) is 40.5 Å². The van der Waals surface area contributed by atoms with Crippen molar-refractivity contribution in [3.8, 4) is 0 Å². The lowest BCUT2D eigenvalue weighted by atomic mass is 9.97. The maximum atomic E-state index is 13.4. The first-order valence-electron chi connectivity index (χ1n) is 5.81. The Labute approximate surface area is 127 Å². The van der Waals surface area contributed by atoms with Crippen molar-refractivity contribution in [1.29, 1.82) is 0 Å². The van der Waals surface area contributed by atoms with Crippen molar-refractivity contribution in [1.82, 2.24) is 4.90 Å². The third-order valence-corrected chi connectivity index (χ3v) is 2.84. The highest BCUT2D eigenvalue weighted by Gasteiger charge is 2.87. The van der Waals surface area contributed by atoms with Gasteiger partial charge in [0.15, 0.2) is 0 Å². The Hall–Kier alpha value is -1.50. The molecular weight excluding hydrogens is 375 g/mol. The number of hydrogen-bond acceptors (Lipinski definition) is 1. The first-order valence-corrected chi connectivity index (χ1v) is 5.81. The molecule has 0 unspecified atom stereocenters. The van der Waals surface area contributed by atoms with E-state index in [0.29, 0.717) is 0 Å². The standard InChI is InChI=1S/C10H10F11NO2/c1-4(2)22(5(23)24)3-6(11,12)7(13,14)8(15,16)9(17,18)10(19,20)21/h4H,3H2,1-2H3,(H,23,24). The van der Waals surface area contributed by atoms with Crippen molar-refractivity contribution in [2.45, 2.75) is 49.8 Å². The van der Waals surface area contributed by atoms with Crippen LogP contribution in [0.2, 0.25) is 0 Å². The SMILES string of the molecule is CC(C)N(CC(F)(F)C(F)(F)C(F)(F)C(F)(F)C(F)(F)F)C(=O)O. The zero-order valence-corrected chi connectivity index (χ0v) is 11.7. The fourth-order valence-corrected chi connectivity index (χ4v) is 1.39. The van der Waals surface area contributed by atoms with Gasteiger partial charge >= 0.3 is 36.0 Å². The second kappa shape index (κ2) is 6.10. The molecule has 24 heavy (non-hydrogen) atoms. The second-order valence-corrected chi connectivity index (χ2v) is 4.93. The van der Waals surface area contributed by atoms with Gasteiger partial charge in [-0.2, -0.15) is 48.3 Å². The van der Waals surface area contributed by atoms with Crippen molar-refractivity contribution in [3.63, 3.8) is 0 Å². The highest BCUT2D eigenvalue weighted by atomic mass is 19.4. The van der Waals surface area contributed by atoms with Gasteiger partial charge in [0.2, 0.25) is 0 Å². The Morgan fingerprint density at radius 2 is 1.21 bits per heavy atom. The third-order valence-electron chi connectivity index (χ3n) is 2.84. The van der Waals surface area contributed by atoms with Crippen LogP contribution in [-0.4, -0.2) is 58.6 Å². The van der Waals surface area contributed by atoms with E-state index in [1.54, 1.807) is 0 Å². The maximum Gasteiger partial charge on any atom is 0.460 e. The minimum atomic E-state index is -7.54. The van der Waals surface area contributed by atoms with Gasteiger partial charge in [0.1, 0.15) is 0 Å². The van der Waals surface area contributed by atoms with Gasteiger partial charge in [-0.25, -0.2) is 4.79 Å². The lowest BCUT2D eigenvalue weighted by molar-refractivity contribution is -0.422. The third kappa shape index (κ3) is 3.45. The van der Waals surface area contributed by atoms with E-state index in [0.717, 1.165) is 13.8 Å². The molecule has 14 heteroatoms. The van der Waals surface area contributed by atoms with Crippen LogP contribution in [0.25, 0.3) is 0 Å². The summed E-state index contributed by atoms with van der Waals surface area (Å²) in [4.78, 5) is 10.1. The van der Waals surface area contributed by atoms with Crippen LogP contribution in [0, 0.1) is 0 Å². The Morgan fingerprint density at radius 3 is 1.46 bits per heavy atom. The van der Waals surface area contributed by atoms with E-state index in [9.17, 15) is 53.1 Å². The average molecular weight is 385 g/mol. The lowest BCUT2D eigenvalue weighted by Crippen LogP contribution is -2.68. The number of rotatable bonds is 6. The smallest absolute Gasteiger partial charge is 0.460 e. The molecule has 0 saturated carbocycles. The van der Waals surface area contributed by atoms with E-state index in [1.807, 2.05) is 0 Å². The molecule has 0 aliphatic heterocycles. The molecule has 0 rings (SSSR count). The molecule has 3 nitrogen and oxygen atoms in total. The summed E-state index contributed by atoms with van der Waals surface area (Å²) < 4.78 is 140. The number of alkyl halides is 11. The molecule has 0 aliphatic carbocycles. The van der Waals surface area contributed by atoms with Crippen LogP contribution in [0.15, 0.2) is 0 Å². The molecule has 0 aliphatic rings. The molecule has 144 valence electrons. The molecule has 0 aromatic carbocycles.